The molecule has 0 amide bonds. The number of nitrogens with zero attached hydrogens (tertiary/aromatic N) is 1. The first-order valence-electron chi connectivity index (χ1n) is 5.48. The maximum atomic E-state index is 4.35. The third kappa shape index (κ3) is 2.11. The van der Waals surface area contributed by atoms with Crippen molar-refractivity contribution in [3.63, 3.8) is 0 Å². The lowest BCUT2D eigenvalue weighted by molar-refractivity contribution is 1.08. The Morgan fingerprint density at radius 3 is 2.94 bits per heavy atom. The van der Waals surface area contributed by atoms with E-state index in [9.17, 15) is 0 Å². The lowest BCUT2D eigenvalue weighted by Crippen LogP contribution is -1.89. The van der Waals surface area contributed by atoms with Gasteiger partial charge in [0.25, 0.3) is 0 Å². The molecule has 0 spiro atoms. The quantitative estimate of drug-likeness (QED) is 0.760. The molecular formula is C14H11BrN2. The maximum absolute atomic E-state index is 4.35. The van der Waals surface area contributed by atoms with E-state index in [0.717, 1.165) is 22.1 Å². The summed E-state index contributed by atoms with van der Waals surface area (Å²) in [5.74, 6) is 0. The van der Waals surface area contributed by atoms with Gasteiger partial charge in [-0.2, -0.15) is 0 Å². The van der Waals surface area contributed by atoms with E-state index in [0.29, 0.717) is 0 Å². The van der Waals surface area contributed by atoms with Gasteiger partial charge in [-0.1, -0.05) is 28.1 Å². The molecule has 1 aromatic carbocycles. The molecule has 3 aromatic rings. The Morgan fingerprint density at radius 2 is 2.12 bits per heavy atom. The average molecular weight is 287 g/mol. The second-order valence-electron chi connectivity index (χ2n) is 4.00. The monoisotopic (exact) mass is 286 g/mol. The lowest BCUT2D eigenvalue weighted by Gasteiger charge is -1.99. The molecule has 3 heteroatoms. The fraction of sp³-hybridized carbons (Fsp3) is 0.0714. The zero-order valence-corrected chi connectivity index (χ0v) is 10.7. The van der Waals surface area contributed by atoms with Crippen molar-refractivity contribution in [1.29, 1.82) is 0 Å². The van der Waals surface area contributed by atoms with Crippen LogP contribution in [0.3, 0.4) is 0 Å². The van der Waals surface area contributed by atoms with Crippen molar-refractivity contribution in [2.75, 3.05) is 0 Å². The molecule has 17 heavy (non-hydrogen) atoms. The molecule has 2 aromatic heterocycles. The molecule has 0 fully saturated rings. The van der Waals surface area contributed by atoms with Crippen LogP contribution in [0.25, 0.3) is 10.9 Å². The fourth-order valence-corrected chi connectivity index (χ4v) is 2.36. The van der Waals surface area contributed by atoms with E-state index < -0.39 is 0 Å². The number of aromatic nitrogens is 2. The number of halogens is 1. The predicted molar refractivity (Wildman–Crippen MR) is 73.0 cm³/mol. The first-order chi connectivity index (χ1) is 8.33. The van der Waals surface area contributed by atoms with E-state index in [1.807, 2.05) is 18.3 Å². The summed E-state index contributed by atoms with van der Waals surface area (Å²) in [6.07, 6.45) is 4.76. The van der Waals surface area contributed by atoms with E-state index in [4.69, 9.17) is 0 Å². The van der Waals surface area contributed by atoms with E-state index in [-0.39, 0.29) is 0 Å². The highest BCUT2D eigenvalue weighted by atomic mass is 79.9. The van der Waals surface area contributed by atoms with Crippen LogP contribution in [0.1, 0.15) is 11.3 Å². The van der Waals surface area contributed by atoms with Gasteiger partial charge in [-0.25, -0.2) is 0 Å². The number of hydrogen-bond acceptors (Lipinski definition) is 1. The number of rotatable bonds is 2. The van der Waals surface area contributed by atoms with Crippen molar-refractivity contribution in [1.82, 2.24) is 9.97 Å². The molecular weight excluding hydrogens is 276 g/mol. The van der Waals surface area contributed by atoms with Crippen LogP contribution in [0.2, 0.25) is 0 Å². The summed E-state index contributed by atoms with van der Waals surface area (Å²) in [6.45, 7) is 0. The van der Waals surface area contributed by atoms with Gasteiger partial charge >= 0.3 is 0 Å². The minimum absolute atomic E-state index is 0.864. The minimum atomic E-state index is 0.864. The van der Waals surface area contributed by atoms with Gasteiger partial charge < -0.3 is 4.98 Å². The third-order valence-corrected chi connectivity index (χ3v) is 3.32. The Balaban J connectivity index is 2.01. The standard InChI is InChI=1S/C14H11BrN2/c15-11-4-5-13-10(9-17-14(13)8-11)7-12-3-1-2-6-16-12/h1-6,8-9,17H,7H2. The Morgan fingerprint density at radius 1 is 1.18 bits per heavy atom. The fourth-order valence-electron chi connectivity index (χ4n) is 2.00. The molecule has 0 aliphatic heterocycles. The summed E-state index contributed by atoms with van der Waals surface area (Å²) in [5.41, 5.74) is 3.54. The van der Waals surface area contributed by atoms with Crippen molar-refractivity contribution in [3.8, 4) is 0 Å². The molecule has 0 saturated heterocycles. The van der Waals surface area contributed by atoms with E-state index in [1.165, 1.54) is 10.9 Å². The number of aromatic amines is 1. The summed E-state index contributed by atoms with van der Waals surface area (Å²) in [4.78, 5) is 7.65. The number of fused-ring (bicyclic) bond motifs is 1. The molecule has 1 N–H and O–H groups in total. The van der Waals surface area contributed by atoms with Crippen LogP contribution >= 0.6 is 15.9 Å². The molecule has 0 aliphatic rings. The first kappa shape index (κ1) is 10.5. The highest BCUT2D eigenvalue weighted by Gasteiger charge is 2.05. The van der Waals surface area contributed by atoms with Crippen molar-refractivity contribution in [2.24, 2.45) is 0 Å². The molecule has 0 unspecified atom stereocenters. The topological polar surface area (TPSA) is 28.7 Å². The van der Waals surface area contributed by atoms with Gasteiger partial charge in [0, 0.05) is 39.9 Å². The van der Waals surface area contributed by atoms with Gasteiger partial charge in [0.2, 0.25) is 0 Å². The number of hydrogen-bond donors (Lipinski definition) is 1. The SMILES string of the molecule is Brc1ccc2c(Cc3ccccn3)c[nH]c2c1. The van der Waals surface area contributed by atoms with Crippen molar-refractivity contribution < 1.29 is 0 Å². The predicted octanol–water partition coefficient (Wildman–Crippen LogP) is 3.92. The molecule has 0 saturated carbocycles. The van der Waals surface area contributed by atoms with E-state index in [2.05, 4.69) is 56.4 Å². The molecule has 3 rings (SSSR count). The van der Waals surface area contributed by atoms with Gasteiger partial charge in [-0.15, -0.1) is 0 Å². The molecule has 2 heterocycles. The second-order valence-corrected chi connectivity index (χ2v) is 4.92. The summed E-state index contributed by atoms with van der Waals surface area (Å²) >= 11 is 3.48. The highest BCUT2D eigenvalue weighted by Crippen LogP contribution is 2.23. The van der Waals surface area contributed by atoms with Crippen LogP contribution in [0, 0.1) is 0 Å². The summed E-state index contributed by atoms with van der Waals surface area (Å²) < 4.78 is 1.09. The zero-order chi connectivity index (χ0) is 11.7. The Hall–Kier alpha value is -1.61. The molecule has 2 nitrogen and oxygen atoms in total. The minimum Gasteiger partial charge on any atom is -0.361 e. The maximum Gasteiger partial charge on any atom is 0.0468 e. The average Bonchev–Trinajstić information content (AvgIpc) is 2.73. The smallest absolute Gasteiger partial charge is 0.0468 e. The van der Waals surface area contributed by atoms with Crippen LogP contribution in [-0.4, -0.2) is 9.97 Å². The molecule has 0 radical (unpaired) electrons. The van der Waals surface area contributed by atoms with Crippen molar-refractivity contribution in [3.05, 3.63) is 64.5 Å². The summed E-state index contributed by atoms with van der Waals surface area (Å²) in [5, 5.41) is 1.26. The van der Waals surface area contributed by atoms with E-state index in [1.54, 1.807) is 0 Å². The number of nitrogens with one attached hydrogen (secondary N) is 1. The Bertz CT molecular complexity index is 644. The van der Waals surface area contributed by atoms with Gasteiger partial charge in [-0.3, -0.25) is 4.98 Å². The normalized spacial score (nSPS) is 10.9. The third-order valence-electron chi connectivity index (χ3n) is 2.83. The first-order valence-corrected chi connectivity index (χ1v) is 6.27. The van der Waals surface area contributed by atoms with Crippen LogP contribution in [0.5, 0.6) is 0 Å². The number of benzene rings is 1. The van der Waals surface area contributed by atoms with Gasteiger partial charge in [-0.05, 0) is 29.8 Å². The molecule has 84 valence electrons. The van der Waals surface area contributed by atoms with Gasteiger partial charge in [0.1, 0.15) is 0 Å². The summed E-state index contributed by atoms with van der Waals surface area (Å²) in [6, 6.07) is 12.3. The Kier molecular flexibility index (Phi) is 2.69. The zero-order valence-electron chi connectivity index (χ0n) is 9.15. The highest BCUT2D eigenvalue weighted by molar-refractivity contribution is 9.10. The van der Waals surface area contributed by atoms with Crippen LogP contribution in [-0.2, 0) is 6.42 Å². The lowest BCUT2D eigenvalue weighted by atomic mass is 10.1. The van der Waals surface area contributed by atoms with Crippen LogP contribution in [0.4, 0.5) is 0 Å². The molecule has 0 bridgehead atoms. The second kappa shape index (κ2) is 4.34. The Labute approximate surface area is 108 Å². The van der Waals surface area contributed by atoms with Crippen LogP contribution < -0.4 is 0 Å². The van der Waals surface area contributed by atoms with E-state index >= 15 is 0 Å². The van der Waals surface area contributed by atoms with Gasteiger partial charge in [0.15, 0.2) is 0 Å². The number of pyridine rings is 1. The van der Waals surface area contributed by atoms with Crippen LogP contribution in [0.15, 0.2) is 53.3 Å². The molecule has 0 aliphatic carbocycles. The summed E-state index contributed by atoms with van der Waals surface area (Å²) in [7, 11) is 0. The van der Waals surface area contributed by atoms with Crippen molar-refractivity contribution >= 4 is 26.8 Å². The van der Waals surface area contributed by atoms with Gasteiger partial charge in [0.05, 0.1) is 0 Å². The largest absolute Gasteiger partial charge is 0.361 e. The van der Waals surface area contributed by atoms with Crippen molar-refractivity contribution in [2.45, 2.75) is 6.42 Å². The number of H-pyrrole nitrogens is 1. The molecule has 0 atom stereocenters.